The molecular formula is C9H14O3. The molecule has 0 aliphatic heterocycles. The van der Waals surface area contributed by atoms with Crippen LogP contribution in [0.5, 0.6) is 0 Å². The van der Waals surface area contributed by atoms with E-state index < -0.39 is 5.97 Å². The fraction of sp³-hybridized carbons (Fsp3) is 0.556. The lowest BCUT2D eigenvalue weighted by Crippen LogP contribution is -2.05. The maximum Gasteiger partial charge on any atom is 0.310 e. The van der Waals surface area contributed by atoms with Gasteiger partial charge in [-0.25, -0.2) is 0 Å². The van der Waals surface area contributed by atoms with Gasteiger partial charge in [-0.15, -0.1) is 0 Å². The molecule has 0 aromatic carbocycles. The Morgan fingerprint density at radius 3 is 2.33 bits per heavy atom. The van der Waals surface area contributed by atoms with E-state index >= 15 is 0 Å². The minimum atomic E-state index is -1.04. The van der Waals surface area contributed by atoms with E-state index in [0.29, 0.717) is 12.8 Å². The summed E-state index contributed by atoms with van der Waals surface area (Å²) in [5.74, 6) is -1.25. The molecule has 0 heterocycles. The van der Waals surface area contributed by atoms with E-state index in [1.54, 1.807) is 0 Å². The summed E-state index contributed by atoms with van der Waals surface area (Å²) < 4.78 is 0. The van der Waals surface area contributed by atoms with Crippen molar-refractivity contribution in [1.29, 1.82) is 0 Å². The zero-order valence-electron chi connectivity index (χ0n) is 7.46. The van der Waals surface area contributed by atoms with Crippen molar-refractivity contribution in [2.75, 3.05) is 0 Å². The van der Waals surface area contributed by atoms with E-state index in [2.05, 4.69) is 0 Å². The summed E-state index contributed by atoms with van der Waals surface area (Å²) in [6.45, 7) is 3.89. The van der Waals surface area contributed by atoms with Gasteiger partial charge in [0, 0.05) is 6.42 Å². The first-order valence-electron chi connectivity index (χ1n) is 3.89. The van der Waals surface area contributed by atoms with Crippen LogP contribution in [0.2, 0.25) is 0 Å². The highest BCUT2D eigenvalue weighted by molar-refractivity contribution is 5.94. The van der Waals surface area contributed by atoms with Crippen molar-refractivity contribution in [2.24, 2.45) is 0 Å². The summed E-state index contributed by atoms with van der Waals surface area (Å²) in [5, 5.41) is 8.26. The van der Waals surface area contributed by atoms with Crippen LogP contribution in [0.4, 0.5) is 0 Å². The Labute approximate surface area is 72.1 Å². The normalized spacial score (nSPS) is 9.17. The van der Waals surface area contributed by atoms with Crippen molar-refractivity contribution in [3.05, 3.63) is 11.6 Å². The molecule has 0 amide bonds. The number of hydrogen-bond acceptors (Lipinski definition) is 2. The second-order valence-corrected chi connectivity index (χ2v) is 2.93. The molecule has 12 heavy (non-hydrogen) atoms. The van der Waals surface area contributed by atoms with Crippen LogP contribution in [0.3, 0.4) is 0 Å². The van der Waals surface area contributed by atoms with Crippen LogP contribution in [0, 0.1) is 0 Å². The quantitative estimate of drug-likeness (QED) is 0.505. The summed E-state index contributed by atoms with van der Waals surface area (Å²) in [6.07, 6.45) is 2.56. The molecule has 0 radical (unpaired) electrons. The second kappa shape index (κ2) is 5.52. The summed E-state index contributed by atoms with van der Waals surface area (Å²) in [5.41, 5.74) is 1.15. The van der Waals surface area contributed by atoms with Crippen LogP contribution < -0.4 is 0 Å². The predicted molar refractivity (Wildman–Crippen MR) is 45.9 cm³/mol. The molecule has 0 saturated carbocycles. The van der Waals surface area contributed by atoms with Crippen LogP contribution in [0.1, 0.15) is 33.1 Å². The molecule has 0 fully saturated rings. The average molecular weight is 170 g/mol. The molecule has 0 atom stereocenters. The van der Waals surface area contributed by atoms with E-state index in [0.717, 1.165) is 5.57 Å². The third-order valence-electron chi connectivity index (χ3n) is 1.32. The Kier molecular flexibility index (Phi) is 5.00. The summed E-state index contributed by atoms with van der Waals surface area (Å²) >= 11 is 0. The Balaban J connectivity index is 3.58. The smallest absolute Gasteiger partial charge is 0.310 e. The lowest BCUT2D eigenvalue weighted by atomic mass is 10.1. The standard InChI is InChI=1S/C9H14O3/c1-7(2)4-3-5-8(10)6-9(11)12/h4H,3,5-6H2,1-2H3,(H,11,12). The first-order valence-corrected chi connectivity index (χ1v) is 3.89. The number of aliphatic carboxylic acids is 1. The summed E-state index contributed by atoms with van der Waals surface area (Å²) in [7, 11) is 0. The van der Waals surface area contributed by atoms with E-state index in [-0.39, 0.29) is 12.2 Å². The Morgan fingerprint density at radius 2 is 1.92 bits per heavy atom. The van der Waals surface area contributed by atoms with Crippen LogP contribution in [0.15, 0.2) is 11.6 Å². The van der Waals surface area contributed by atoms with Gasteiger partial charge in [-0.2, -0.15) is 0 Å². The highest BCUT2D eigenvalue weighted by Gasteiger charge is 2.05. The first-order chi connectivity index (χ1) is 5.52. The lowest BCUT2D eigenvalue weighted by Gasteiger charge is -1.93. The van der Waals surface area contributed by atoms with Gasteiger partial charge in [-0.05, 0) is 20.3 Å². The molecule has 0 aliphatic rings. The van der Waals surface area contributed by atoms with Gasteiger partial charge in [0.1, 0.15) is 12.2 Å². The van der Waals surface area contributed by atoms with E-state index in [9.17, 15) is 9.59 Å². The first kappa shape index (κ1) is 10.9. The van der Waals surface area contributed by atoms with E-state index in [1.165, 1.54) is 0 Å². The molecule has 3 heteroatoms. The lowest BCUT2D eigenvalue weighted by molar-refractivity contribution is -0.140. The molecule has 0 bridgehead atoms. The van der Waals surface area contributed by atoms with Crippen molar-refractivity contribution in [2.45, 2.75) is 33.1 Å². The molecule has 0 aliphatic carbocycles. The number of carboxylic acids is 1. The summed E-state index contributed by atoms with van der Waals surface area (Å²) in [6, 6.07) is 0. The maximum atomic E-state index is 10.8. The largest absolute Gasteiger partial charge is 0.481 e. The van der Waals surface area contributed by atoms with Gasteiger partial charge in [-0.1, -0.05) is 11.6 Å². The number of hydrogen-bond donors (Lipinski definition) is 1. The minimum Gasteiger partial charge on any atom is -0.481 e. The molecule has 68 valence electrons. The number of allylic oxidation sites excluding steroid dienone is 2. The predicted octanol–water partition coefficient (Wildman–Crippen LogP) is 1.78. The monoisotopic (exact) mass is 170 g/mol. The van der Waals surface area contributed by atoms with Gasteiger partial charge >= 0.3 is 5.97 Å². The fourth-order valence-electron chi connectivity index (χ4n) is 0.779. The number of ketones is 1. The average Bonchev–Trinajstić information content (AvgIpc) is 1.84. The van der Waals surface area contributed by atoms with Gasteiger partial charge in [0.05, 0.1) is 0 Å². The Hall–Kier alpha value is -1.12. The van der Waals surface area contributed by atoms with Crippen LogP contribution in [-0.2, 0) is 9.59 Å². The number of Topliss-reactive ketones (excluding diaryl/α,β-unsaturated/α-hetero) is 1. The van der Waals surface area contributed by atoms with E-state index in [1.807, 2.05) is 19.9 Å². The SMILES string of the molecule is CC(C)=CCCC(=O)CC(=O)O. The van der Waals surface area contributed by atoms with Crippen molar-refractivity contribution in [3.63, 3.8) is 0 Å². The van der Waals surface area contributed by atoms with Crippen LogP contribution in [-0.4, -0.2) is 16.9 Å². The molecule has 0 saturated heterocycles. The van der Waals surface area contributed by atoms with E-state index in [4.69, 9.17) is 5.11 Å². The van der Waals surface area contributed by atoms with Crippen molar-refractivity contribution >= 4 is 11.8 Å². The van der Waals surface area contributed by atoms with Gasteiger partial charge < -0.3 is 5.11 Å². The number of carboxylic acid groups (broad SMARTS) is 1. The molecule has 0 aromatic rings. The number of carbonyl (C=O) groups excluding carboxylic acids is 1. The van der Waals surface area contributed by atoms with Gasteiger partial charge in [-0.3, -0.25) is 9.59 Å². The summed E-state index contributed by atoms with van der Waals surface area (Å²) in [4.78, 5) is 20.9. The van der Waals surface area contributed by atoms with Crippen LogP contribution >= 0.6 is 0 Å². The topological polar surface area (TPSA) is 54.4 Å². The van der Waals surface area contributed by atoms with Gasteiger partial charge in [0.2, 0.25) is 0 Å². The molecule has 3 nitrogen and oxygen atoms in total. The molecule has 0 unspecified atom stereocenters. The zero-order valence-corrected chi connectivity index (χ0v) is 7.46. The Bertz CT molecular complexity index is 200. The highest BCUT2D eigenvalue weighted by Crippen LogP contribution is 1.99. The molecule has 0 aromatic heterocycles. The third-order valence-corrected chi connectivity index (χ3v) is 1.32. The zero-order chi connectivity index (χ0) is 9.56. The van der Waals surface area contributed by atoms with Crippen molar-refractivity contribution in [1.82, 2.24) is 0 Å². The van der Waals surface area contributed by atoms with Gasteiger partial charge in [0.15, 0.2) is 0 Å². The number of carbonyl (C=O) groups is 2. The Morgan fingerprint density at radius 1 is 1.33 bits per heavy atom. The number of rotatable bonds is 5. The van der Waals surface area contributed by atoms with Crippen LogP contribution in [0.25, 0.3) is 0 Å². The third kappa shape index (κ3) is 6.99. The van der Waals surface area contributed by atoms with Crippen molar-refractivity contribution in [3.8, 4) is 0 Å². The van der Waals surface area contributed by atoms with Crippen molar-refractivity contribution < 1.29 is 14.7 Å². The molecular weight excluding hydrogens is 156 g/mol. The minimum absolute atomic E-state index is 0.208. The maximum absolute atomic E-state index is 10.8. The highest BCUT2D eigenvalue weighted by atomic mass is 16.4. The molecule has 0 rings (SSSR count). The fourth-order valence-corrected chi connectivity index (χ4v) is 0.779. The molecule has 0 spiro atoms. The molecule has 1 N–H and O–H groups in total. The van der Waals surface area contributed by atoms with Gasteiger partial charge in [0.25, 0.3) is 0 Å². The second-order valence-electron chi connectivity index (χ2n) is 2.93.